The molecule has 5 nitrogen and oxygen atoms in total. The molecule has 2 heterocycles. The fourth-order valence-corrected chi connectivity index (χ4v) is 2.49. The molecule has 2 N–H and O–H groups in total. The van der Waals surface area contributed by atoms with Gasteiger partial charge in [-0.1, -0.05) is 6.07 Å². The van der Waals surface area contributed by atoms with E-state index in [1.54, 1.807) is 6.20 Å². The minimum Gasteiger partial charge on any atom is -0.336 e. The molecule has 0 radical (unpaired) electrons. The quantitative estimate of drug-likeness (QED) is 0.835. The van der Waals surface area contributed by atoms with Crippen molar-refractivity contribution in [3.8, 4) is 0 Å². The Morgan fingerprint density at radius 2 is 2.32 bits per heavy atom. The van der Waals surface area contributed by atoms with Gasteiger partial charge in [0.15, 0.2) is 0 Å². The Balaban J connectivity index is 2.05. The molecule has 1 aromatic heterocycles. The number of nitrogens with zero attached hydrogens (tertiary/aromatic N) is 3. The Labute approximate surface area is 114 Å². The van der Waals surface area contributed by atoms with Crippen LogP contribution in [0.2, 0.25) is 0 Å². The first-order valence-corrected chi connectivity index (χ1v) is 6.70. The van der Waals surface area contributed by atoms with Gasteiger partial charge >= 0.3 is 0 Å². The van der Waals surface area contributed by atoms with E-state index in [-0.39, 0.29) is 11.9 Å². The molecular weight excluding hydrogens is 240 g/mol. The smallest absolute Gasteiger partial charge is 0.228 e. The summed E-state index contributed by atoms with van der Waals surface area (Å²) < 4.78 is 0. The van der Waals surface area contributed by atoms with E-state index in [0.717, 1.165) is 30.9 Å². The van der Waals surface area contributed by atoms with E-state index in [4.69, 9.17) is 5.73 Å². The molecule has 1 aliphatic heterocycles. The predicted octanol–water partition coefficient (Wildman–Crippen LogP) is 0.0338. The summed E-state index contributed by atoms with van der Waals surface area (Å²) in [6.45, 7) is 5.01. The lowest BCUT2D eigenvalue weighted by Gasteiger charge is -2.39. The lowest BCUT2D eigenvalue weighted by molar-refractivity contribution is -0.134. The van der Waals surface area contributed by atoms with Gasteiger partial charge in [0.25, 0.3) is 0 Å². The maximum atomic E-state index is 12.4. The van der Waals surface area contributed by atoms with Crippen LogP contribution in [0.3, 0.4) is 0 Å². The Kier molecular flexibility index (Phi) is 4.50. The molecule has 1 unspecified atom stereocenters. The first-order chi connectivity index (χ1) is 9.11. The SMILES string of the molecule is Cc1cccnc1CC(=O)N1CCN(C)CC1CN. The molecule has 1 aromatic rings. The highest BCUT2D eigenvalue weighted by atomic mass is 16.2. The van der Waals surface area contributed by atoms with Crippen molar-refractivity contribution in [3.63, 3.8) is 0 Å². The van der Waals surface area contributed by atoms with Crippen molar-refractivity contribution in [3.05, 3.63) is 29.6 Å². The highest BCUT2D eigenvalue weighted by Gasteiger charge is 2.28. The minimum atomic E-state index is 0.121. The molecule has 0 bridgehead atoms. The third kappa shape index (κ3) is 3.30. The van der Waals surface area contributed by atoms with E-state index in [1.165, 1.54) is 0 Å². The highest BCUT2D eigenvalue weighted by molar-refractivity contribution is 5.79. The van der Waals surface area contributed by atoms with E-state index in [2.05, 4.69) is 16.9 Å². The molecule has 0 aromatic carbocycles. The summed E-state index contributed by atoms with van der Waals surface area (Å²) in [6, 6.07) is 4.00. The topological polar surface area (TPSA) is 62.5 Å². The van der Waals surface area contributed by atoms with Crippen LogP contribution in [0.25, 0.3) is 0 Å². The van der Waals surface area contributed by atoms with Crippen molar-refractivity contribution in [2.24, 2.45) is 5.73 Å². The molecule has 5 heteroatoms. The van der Waals surface area contributed by atoms with Crippen LogP contribution in [0, 0.1) is 6.92 Å². The highest BCUT2D eigenvalue weighted by Crippen LogP contribution is 2.11. The summed E-state index contributed by atoms with van der Waals surface area (Å²) in [5.41, 5.74) is 7.71. The van der Waals surface area contributed by atoms with Gasteiger partial charge in [0.1, 0.15) is 0 Å². The van der Waals surface area contributed by atoms with Crippen LogP contribution in [-0.4, -0.2) is 60.0 Å². The van der Waals surface area contributed by atoms with Crippen LogP contribution in [0.1, 0.15) is 11.3 Å². The van der Waals surface area contributed by atoms with Gasteiger partial charge in [0.2, 0.25) is 5.91 Å². The zero-order valence-electron chi connectivity index (χ0n) is 11.7. The maximum Gasteiger partial charge on any atom is 0.228 e. The molecule has 1 saturated heterocycles. The summed E-state index contributed by atoms with van der Waals surface area (Å²) in [5, 5.41) is 0. The number of amides is 1. The van der Waals surface area contributed by atoms with Gasteiger partial charge in [-0.05, 0) is 25.6 Å². The largest absolute Gasteiger partial charge is 0.336 e. The second kappa shape index (κ2) is 6.12. The van der Waals surface area contributed by atoms with Gasteiger partial charge in [-0.3, -0.25) is 9.78 Å². The summed E-state index contributed by atoms with van der Waals surface area (Å²) in [7, 11) is 2.06. The van der Waals surface area contributed by atoms with Gasteiger partial charge in [-0.25, -0.2) is 0 Å². The van der Waals surface area contributed by atoms with Gasteiger partial charge < -0.3 is 15.5 Å². The zero-order chi connectivity index (χ0) is 13.8. The van der Waals surface area contributed by atoms with Gasteiger partial charge in [0, 0.05) is 32.4 Å². The monoisotopic (exact) mass is 262 g/mol. The second-order valence-electron chi connectivity index (χ2n) is 5.18. The van der Waals surface area contributed by atoms with E-state index >= 15 is 0 Å². The lowest BCUT2D eigenvalue weighted by atomic mass is 10.1. The Bertz CT molecular complexity index is 449. The Morgan fingerprint density at radius 3 is 3.00 bits per heavy atom. The number of aromatic nitrogens is 1. The van der Waals surface area contributed by atoms with Crippen LogP contribution in [0.15, 0.2) is 18.3 Å². The molecule has 1 atom stereocenters. The van der Waals surface area contributed by atoms with Crippen molar-refractivity contribution in [1.29, 1.82) is 0 Å². The first-order valence-electron chi connectivity index (χ1n) is 6.70. The number of piperazine rings is 1. The van der Waals surface area contributed by atoms with Gasteiger partial charge in [-0.2, -0.15) is 0 Å². The number of carbonyl (C=O) groups is 1. The summed E-state index contributed by atoms with van der Waals surface area (Å²) in [5.74, 6) is 0.130. The number of rotatable bonds is 3. The Morgan fingerprint density at radius 1 is 1.53 bits per heavy atom. The molecule has 1 fully saturated rings. The second-order valence-corrected chi connectivity index (χ2v) is 5.18. The molecule has 1 amide bonds. The van der Waals surface area contributed by atoms with Crippen LogP contribution in [0.4, 0.5) is 0 Å². The summed E-state index contributed by atoms with van der Waals surface area (Å²) in [6.07, 6.45) is 2.10. The molecule has 0 saturated carbocycles. The number of pyridine rings is 1. The zero-order valence-corrected chi connectivity index (χ0v) is 11.7. The van der Waals surface area contributed by atoms with Crippen molar-refractivity contribution in [2.75, 3.05) is 33.2 Å². The van der Waals surface area contributed by atoms with E-state index in [1.807, 2.05) is 24.0 Å². The van der Waals surface area contributed by atoms with Crippen molar-refractivity contribution in [2.45, 2.75) is 19.4 Å². The predicted molar refractivity (Wildman–Crippen MR) is 74.7 cm³/mol. The van der Waals surface area contributed by atoms with Gasteiger partial charge in [0.05, 0.1) is 18.2 Å². The van der Waals surface area contributed by atoms with E-state index in [0.29, 0.717) is 13.0 Å². The van der Waals surface area contributed by atoms with Crippen LogP contribution >= 0.6 is 0 Å². The molecule has 104 valence electrons. The third-order valence-corrected chi connectivity index (χ3v) is 3.71. The molecule has 19 heavy (non-hydrogen) atoms. The van der Waals surface area contributed by atoms with Crippen molar-refractivity contribution >= 4 is 5.91 Å². The van der Waals surface area contributed by atoms with E-state index in [9.17, 15) is 4.79 Å². The average molecular weight is 262 g/mol. The van der Waals surface area contributed by atoms with Crippen molar-refractivity contribution in [1.82, 2.24) is 14.8 Å². The number of likely N-dealkylation sites (N-methyl/N-ethyl adjacent to an activating group) is 1. The molecule has 1 aliphatic rings. The van der Waals surface area contributed by atoms with E-state index < -0.39 is 0 Å². The molecule has 0 spiro atoms. The van der Waals surface area contributed by atoms with Crippen LogP contribution in [-0.2, 0) is 11.2 Å². The first kappa shape index (κ1) is 14.0. The molecule has 0 aliphatic carbocycles. The summed E-state index contributed by atoms with van der Waals surface area (Å²) in [4.78, 5) is 20.8. The van der Waals surface area contributed by atoms with Crippen molar-refractivity contribution < 1.29 is 4.79 Å². The van der Waals surface area contributed by atoms with Gasteiger partial charge in [-0.15, -0.1) is 0 Å². The van der Waals surface area contributed by atoms with Crippen LogP contribution < -0.4 is 5.73 Å². The fraction of sp³-hybridized carbons (Fsp3) is 0.571. The molecular formula is C14H22N4O. The number of hydrogen-bond donors (Lipinski definition) is 1. The fourth-order valence-electron chi connectivity index (χ4n) is 2.49. The average Bonchev–Trinajstić information content (AvgIpc) is 2.41. The number of nitrogens with two attached hydrogens (primary N) is 1. The number of aryl methyl sites for hydroxylation is 1. The third-order valence-electron chi connectivity index (χ3n) is 3.71. The Hall–Kier alpha value is -1.46. The normalized spacial score (nSPS) is 20.6. The number of hydrogen-bond acceptors (Lipinski definition) is 4. The standard InChI is InChI=1S/C14H22N4O/c1-11-4-3-5-16-13(11)8-14(19)18-7-6-17(2)10-12(18)9-15/h3-5,12H,6-10,15H2,1-2H3. The summed E-state index contributed by atoms with van der Waals surface area (Å²) >= 11 is 0. The van der Waals surface area contributed by atoms with Crippen LogP contribution in [0.5, 0.6) is 0 Å². The lowest BCUT2D eigenvalue weighted by Crippen LogP contribution is -2.57. The minimum absolute atomic E-state index is 0.121. The maximum absolute atomic E-state index is 12.4. The number of carbonyl (C=O) groups excluding carboxylic acids is 1. The molecule has 2 rings (SSSR count).